The van der Waals surface area contributed by atoms with Gasteiger partial charge in [-0.1, -0.05) is 30.3 Å². The van der Waals surface area contributed by atoms with Gasteiger partial charge in [0.05, 0.1) is 12.5 Å². The minimum atomic E-state index is -3.61. The van der Waals surface area contributed by atoms with Gasteiger partial charge < -0.3 is 14.8 Å². The molecular weight excluding hydrogens is 368 g/mol. The Bertz CT molecular complexity index is 949. The number of carbonyl (C=O) groups is 2. The molecule has 4 rings (SSSR count). The van der Waals surface area contributed by atoms with Gasteiger partial charge in [0.15, 0.2) is 9.84 Å². The Morgan fingerprint density at radius 2 is 1.89 bits per heavy atom. The summed E-state index contributed by atoms with van der Waals surface area (Å²) in [5.74, 6) is -1.04. The van der Waals surface area contributed by atoms with Crippen molar-refractivity contribution in [3.63, 3.8) is 0 Å². The lowest BCUT2D eigenvalue weighted by Crippen LogP contribution is -2.56. The molecule has 2 saturated heterocycles. The second-order valence-electron chi connectivity index (χ2n) is 6.93. The molecule has 2 aromatic rings. The van der Waals surface area contributed by atoms with E-state index in [0.717, 1.165) is 5.56 Å². The molecule has 1 N–H and O–H groups in total. The highest BCUT2D eigenvalue weighted by molar-refractivity contribution is 7.93. The second kappa shape index (κ2) is 6.49. The third-order valence-corrected chi connectivity index (χ3v) is 7.84. The van der Waals surface area contributed by atoms with Gasteiger partial charge in [0.25, 0.3) is 5.91 Å². The highest BCUT2D eigenvalue weighted by Gasteiger charge is 2.58. The molecule has 1 aromatic heterocycles. The normalized spacial score (nSPS) is 21.0. The summed E-state index contributed by atoms with van der Waals surface area (Å²) in [7, 11) is -3.61. The van der Waals surface area contributed by atoms with Crippen LogP contribution in [0, 0.1) is 0 Å². The van der Waals surface area contributed by atoms with Crippen molar-refractivity contribution >= 4 is 21.7 Å². The van der Waals surface area contributed by atoms with Crippen LogP contribution in [-0.2, 0) is 21.2 Å². The number of imidazole rings is 1. The predicted octanol–water partition coefficient (Wildman–Crippen LogP) is 0.799. The van der Waals surface area contributed by atoms with E-state index in [9.17, 15) is 18.0 Å². The highest BCUT2D eigenvalue weighted by Crippen LogP contribution is 2.41. The van der Waals surface area contributed by atoms with Crippen LogP contribution in [0.3, 0.4) is 0 Å². The number of benzene rings is 1. The molecule has 1 spiro atoms. The van der Waals surface area contributed by atoms with Crippen LogP contribution in [-0.4, -0.2) is 63.7 Å². The first-order chi connectivity index (χ1) is 12.9. The Hall–Kier alpha value is -2.68. The lowest BCUT2D eigenvalue weighted by atomic mass is 10.0. The van der Waals surface area contributed by atoms with E-state index in [1.54, 1.807) is 4.90 Å². The number of sulfone groups is 1. The van der Waals surface area contributed by atoms with Gasteiger partial charge in [0.2, 0.25) is 5.91 Å². The van der Waals surface area contributed by atoms with Crippen LogP contribution in [0.4, 0.5) is 0 Å². The number of nitrogens with zero attached hydrogens (tertiary/aromatic N) is 3. The molecule has 8 nitrogen and oxygen atoms in total. The summed E-state index contributed by atoms with van der Waals surface area (Å²) < 4.78 is 25.7. The average Bonchev–Trinajstić information content (AvgIpc) is 3.25. The minimum absolute atomic E-state index is 0.210. The first-order valence-electron chi connectivity index (χ1n) is 8.77. The van der Waals surface area contributed by atoms with Gasteiger partial charge in [-0.3, -0.25) is 9.59 Å². The SMILES string of the molecule is O=C(c1cnc[nH]1)N1CCC2(CC1)N(Cc1ccccc1)C(=O)CS2(=O)=O. The first-order valence-corrected chi connectivity index (χ1v) is 10.4. The van der Waals surface area contributed by atoms with Crippen molar-refractivity contribution in [2.75, 3.05) is 18.8 Å². The standard InChI is InChI=1S/C18H20N4O4S/c23-16-12-27(25,26)18(22(16)11-14-4-2-1-3-5-14)6-8-21(9-7-18)17(24)15-10-19-13-20-15/h1-5,10,13H,6-9,11-12H2,(H,19,20). The van der Waals surface area contributed by atoms with Crippen molar-refractivity contribution in [1.29, 1.82) is 0 Å². The molecular formula is C18H20N4O4S. The lowest BCUT2D eigenvalue weighted by molar-refractivity contribution is -0.131. The van der Waals surface area contributed by atoms with E-state index in [0.29, 0.717) is 5.69 Å². The molecule has 1 aromatic carbocycles. The van der Waals surface area contributed by atoms with Crippen LogP contribution in [0.2, 0.25) is 0 Å². The van der Waals surface area contributed by atoms with Crippen LogP contribution < -0.4 is 0 Å². The van der Waals surface area contributed by atoms with Crippen molar-refractivity contribution in [3.8, 4) is 0 Å². The number of hydrogen-bond donors (Lipinski definition) is 1. The number of rotatable bonds is 3. The van der Waals surface area contributed by atoms with Crippen molar-refractivity contribution < 1.29 is 18.0 Å². The van der Waals surface area contributed by atoms with E-state index in [-0.39, 0.29) is 44.3 Å². The molecule has 2 amide bonds. The van der Waals surface area contributed by atoms with Gasteiger partial charge in [-0.2, -0.15) is 0 Å². The van der Waals surface area contributed by atoms with Crippen LogP contribution in [0.25, 0.3) is 0 Å². The number of H-pyrrole nitrogens is 1. The Labute approximate surface area is 157 Å². The number of likely N-dealkylation sites (tertiary alicyclic amines) is 1. The number of hydrogen-bond acceptors (Lipinski definition) is 5. The van der Waals surface area contributed by atoms with Gasteiger partial charge in [0, 0.05) is 32.5 Å². The molecule has 0 saturated carbocycles. The summed E-state index contributed by atoms with van der Waals surface area (Å²) in [6.07, 6.45) is 3.31. The summed E-state index contributed by atoms with van der Waals surface area (Å²) in [5, 5.41) is 0. The molecule has 0 aliphatic carbocycles. The van der Waals surface area contributed by atoms with Crippen LogP contribution >= 0.6 is 0 Å². The third kappa shape index (κ3) is 2.91. The molecule has 2 aliphatic rings. The average molecular weight is 388 g/mol. The summed E-state index contributed by atoms with van der Waals surface area (Å²) in [5.41, 5.74) is 1.26. The van der Waals surface area contributed by atoms with E-state index < -0.39 is 20.5 Å². The Morgan fingerprint density at radius 1 is 1.19 bits per heavy atom. The molecule has 27 heavy (non-hydrogen) atoms. The Balaban J connectivity index is 1.58. The third-order valence-electron chi connectivity index (χ3n) is 5.43. The number of amides is 2. The van der Waals surface area contributed by atoms with Gasteiger partial charge in [-0.25, -0.2) is 13.4 Å². The largest absolute Gasteiger partial charge is 0.341 e. The fraction of sp³-hybridized carbons (Fsp3) is 0.389. The number of aromatic nitrogens is 2. The lowest BCUT2D eigenvalue weighted by Gasteiger charge is -2.43. The zero-order valence-corrected chi connectivity index (χ0v) is 15.5. The summed E-state index contributed by atoms with van der Waals surface area (Å²) in [6.45, 7) is 0.804. The maximum absolute atomic E-state index is 12.9. The van der Waals surface area contributed by atoms with E-state index in [1.165, 1.54) is 17.4 Å². The zero-order chi connectivity index (χ0) is 19.1. The van der Waals surface area contributed by atoms with Crippen molar-refractivity contribution in [2.45, 2.75) is 24.3 Å². The van der Waals surface area contributed by atoms with Gasteiger partial charge >= 0.3 is 0 Å². The van der Waals surface area contributed by atoms with Gasteiger partial charge in [-0.15, -0.1) is 0 Å². The summed E-state index contributed by atoms with van der Waals surface area (Å²) in [6, 6.07) is 9.36. The molecule has 9 heteroatoms. The first kappa shape index (κ1) is 17.7. The molecule has 0 bridgehead atoms. The smallest absolute Gasteiger partial charge is 0.271 e. The van der Waals surface area contributed by atoms with E-state index in [1.807, 2.05) is 30.3 Å². The number of carbonyl (C=O) groups excluding carboxylic acids is 2. The zero-order valence-electron chi connectivity index (χ0n) is 14.7. The maximum Gasteiger partial charge on any atom is 0.271 e. The van der Waals surface area contributed by atoms with Crippen LogP contribution in [0.5, 0.6) is 0 Å². The van der Waals surface area contributed by atoms with Crippen molar-refractivity contribution in [3.05, 3.63) is 54.1 Å². The molecule has 0 atom stereocenters. The molecule has 2 aliphatic heterocycles. The van der Waals surface area contributed by atoms with E-state index in [4.69, 9.17) is 0 Å². The van der Waals surface area contributed by atoms with E-state index in [2.05, 4.69) is 9.97 Å². The van der Waals surface area contributed by atoms with Crippen LogP contribution in [0.1, 0.15) is 28.9 Å². The molecule has 2 fully saturated rings. The van der Waals surface area contributed by atoms with Gasteiger partial charge in [-0.05, 0) is 5.56 Å². The minimum Gasteiger partial charge on any atom is -0.341 e. The Morgan fingerprint density at radius 3 is 2.52 bits per heavy atom. The second-order valence-corrected chi connectivity index (χ2v) is 9.21. The molecule has 0 unspecified atom stereocenters. The fourth-order valence-electron chi connectivity index (χ4n) is 3.95. The number of nitrogens with one attached hydrogen (secondary N) is 1. The highest BCUT2D eigenvalue weighted by atomic mass is 32.2. The maximum atomic E-state index is 12.9. The fourth-order valence-corrected chi connectivity index (χ4v) is 6.01. The van der Waals surface area contributed by atoms with E-state index >= 15 is 0 Å². The van der Waals surface area contributed by atoms with Crippen molar-refractivity contribution in [1.82, 2.24) is 19.8 Å². The number of piperidine rings is 1. The topological polar surface area (TPSA) is 103 Å². The summed E-state index contributed by atoms with van der Waals surface area (Å²) >= 11 is 0. The molecule has 142 valence electrons. The monoisotopic (exact) mass is 388 g/mol. The molecule has 3 heterocycles. The van der Waals surface area contributed by atoms with Crippen molar-refractivity contribution in [2.24, 2.45) is 0 Å². The Kier molecular flexibility index (Phi) is 4.26. The van der Waals surface area contributed by atoms with Gasteiger partial charge in [0.1, 0.15) is 16.3 Å². The molecule has 0 radical (unpaired) electrons. The number of aromatic amines is 1. The quantitative estimate of drug-likeness (QED) is 0.838. The summed E-state index contributed by atoms with van der Waals surface area (Å²) in [4.78, 5) is 33.5. The van der Waals surface area contributed by atoms with Crippen LogP contribution in [0.15, 0.2) is 42.9 Å². The predicted molar refractivity (Wildman–Crippen MR) is 97.2 cm³/mol.